The van der Waals surface area contributed by atoms with Crippen LogP contribution in [-0.2, 0) is 4.79 Å². The first-order chi connectivity index (χ1) is 8.56. The van der Waals surface area contributed by atoms with Crippen LogP contribution in [0.25, 0.3) is 0 Å². The molecule has 1 aromatic carbocycles. The summed E-state index contributed by atoms with van der Waals surface area (Å²) in [5.41, 5.74) is 0.142. The Kier molecular flexibility index (Phi) is 3.86. The molecule has 5 nitrogen and oxygen atoms in total. The van der Waals surface area contributed by atoms with Crippen molar-refractivity contribution in [3.8, 4) is 5.75 Å². The van der Waals surface area contributed by atoms with E-state index in [1.807, 2.05) is 0 Å². The second kappa shape index (κ2) is 5.39. The highest BCUT2D eigenvalue weighted by atomic mass is 79.9. The number of carbonyl (C=O) groups is 2. The number of halogens is 1. The summed E-state index contributed by atoms with van der Waals surface area (Å²) in [7, 11) is 0. The fraction of sp³-hybridized carbons (Fsp3) is 0.333. The molecule has 0 radical (unpaired) electrons. The van der Waals surface area contributed by atoms with Gasteiger partial charge in [-0.15, -0.1) is 0 Å². The van der Waals surface area contributed by atoms with E-state index < -0.39 is 5.91 Å². The summed E-state index contributed by atoms with van der Waals surface area (Å²) in [5.74, 6) is -0.793. The molecule has 6 heteroatoms. The van der Waals surface area contributed by atoms with Crippen LogP contribution in [0, 0.1) is 0 Å². The highest BCUT2D eigenvalue weighted by Crippen LogP contribution is 2.21. The van der Waals surface area contributed by atoms with Crippen molar-refractivity contribution < 1.29 is 14.7 Å². The maximum Gasteiger partial charge on any atom is 0.255 e. The molecule has 0 saturated heterocycles. The van der Waals surface area contributed by atoms with Crippen molar-refractivity contribution in [3.63, 3.8) is 0 Å². The Morgan fingerprint density at radius 3 is 2.78 bits per heavy atom. The number of nitrogens with one attached hydrogen (secondary N) is 2. The molecule has 2 rings (SSSR count). The van der Waals surface area contributed by atoms with Gasteiger partial charge in [0, 0.05) is 10.5 Å². The van der Waals surface area contributed by atoms with Crippen LogP contribution in [0.3, 0.4) is 0 Å². The number of hydrogen-bond donors (Lipinski definition) is 3. The van der Waals surface area contributed by atoms with Crippen molar-refractivity contribution in [3.05, 3.63) is 28.2 Å². The molecule has 0 spiro atoms. The number of phenols is 1. The Hall–Kier alpha value is -1.56. The lowest BCUT2D eigenvalue weighted by Crippen LogP contribution is -2.37. The van der Waals surface area contributed by atoms with E-state index in [0.717, 1.165) is 12.8 Å². The zero-order valence-electron chi connectivity index (χ0n) is 9.57. The summed E-state index contributed by atoms with van der Waals surface area (Å²) < 4.78 is 0.688. The summed E-state index contributed by atoms with van der Waals surface area (Å²) in [6.07, 6.45) is 2.01. The van der Waals surface area contributed by atoms with E-state index in [-0.39, 0.29) is 29.8 Å². The minimum absolute atomic E-state index is 0.0821. The zero-order chi connectivity index (χ0) is 13.1. The van der Waals surface area contributed by atoms with Gasteiger partial charge in [0.25, 0.3) is 5.91 Å². The maximum absolute atomic E-state index is 11.8. The number of aromatic hydroxyl groups is 1. The molecule has 1 saturated carbocycles. The van der Waals surface area contributed by atoms with Crippen LogP contribution in [0.5, 0.6) is 5.75 Å². The first-order valence-electron chi connectivity index (χ1n) is 5.62. The molecule has 0 unspecified atom stereocenters. The molecule has 0 bridgehead atoms. The standard InChI is InChI=1S/C12H13BrN2O3/c13-7-1-4-10(16)9(5-7)12(18)14-6-11(17)15-8-2-3-8/h1,4-5,8,16H,2-3,6H2,(H,14,18)(H,15,17). The van der Waals surface area contributed by atoms with Gasteiger partial charge >= 0.3 is 0 Å². The molecular formula is C12H13BrN2O3. The van der Waals surface area contributed by atoms with Crippen LogP contribution in [-0.4, -0.2) is 29.5 Å². The van der Waals surface area contributed by atoms with Crippen molar-refractivity contribution in [2.45, 2.75) is 18.9 Å². The van der Waals surface area contributed by atoms with Crippen LogP contribution >= 0.6 is 15.9 Å². The van der Waals surface area contributed by atoms with E-state index in [9.17, 15) is 14.7 Å². The molecule has 96 valence electrons. The number of hydrogen-bond acceptors (Lipinski definition) is 3. The van der Waals surface area contributed by atoms with Gasteiger partial charge in [0.1, 0.15) is 5.75 Å². The van der Waals surface area contributed by atoms with E-state index in [0.29, 0.717) is 4.47 Å². The largest absolute Gasteiger partial charge is 0.507 e. The summed E-state index contributed by atoms with van der Waals surface area (Å²) in [6.45, 7) is -0.0821. The SMILES string of the molecule is O=C(CNC(=O)c1cc(Br)ccc1O)NC1CC1. The smallest absolute Gasteiger partial charge is 0.255 e. The van der Waals surface area contributed by atoms with E-state index in [1.165, 1.54) is 12.1 Å². The molecule has 1 fully saturated rings. The van der Waals surface area contributed by atoms with Crippen molar-refractivity contribution in [2.75, 3.05) is 6.54 Å². The van der Waals surface area contributed by atoms with Gasteiger partial charge in [-0.25, -0.2) is 0 Å². The third-order valence-electron chi connectivity index (χ3n) is 2.56. The summed E-state index contributed by atoms with van der Waals surface area (Å²) in [5, 5.41) is 14.8. The summed E-state index contributed by atoms with van der Waals surface area (Å²) in [4.78, 5) is 23.1. The molecule has 1 aliphatic carbocycles. The second-order valence-corrected chi connectivity index (χ2v) is 5.10. The van der Waals surface area contributed by atoms with E-state index in [1.54, 1.807) is 6.07 Å². The summed E-state index contributed by atoms with van der Waals surface area (Å²) in [6, 6.07) is 4.83. The Morgan fingerprint density at radius 2 is 2.11 bits per heavy atom. The predicted molar refractivity (Wildman–Crippen MR) is 69.3 cm³/mol. The lowest BCUT2D eigenvalue weighted by molar-refractivity contribution is -0.120. The van der Waals surface area contributed by atoms with Crippen LogP contribution in [0.4, 0.5) is 0 Å². The van der Waals surface area contributed by atoms with Crippen LogP contribution in [0.1, 0.15) is 23.2 Å². The molecule has 1 aliphatic rings. The van der Waals surface area contributed by atoms with Crippen LogP contribution in [0.15, 0.2) is 22.7 Å². The Bertz CT molecular complexity index is 486. The van der Waals surface area contributed by atoms with Gasteiger partial charge in [-0.3, -0.25) is 9.59 Å². The van der Waals surface area contributed by atoms with Gasteiger partial charge < -0.3 is 15.7 Å². The normalized spacial score (nSPS) is 14.1. The van der Waals surface area contributed by atoms with Crippen LogP contribution in [0.2, 0.25) is 0 Å². The Morgan fingerprint density at radius 1 is 1.39 bits per heavy atom. The number of carbonyl (C=O) groups excluding carboxylic acids is 2. The highest BCUT2D eigenvalue weighted by molar-refractivity contribution is 9.10. The first kappa shape index (κ1) is 12.9. The topological polar surface area (TPSA) is 78.4 Å². The van der Waals surface area contributed by atoms with Crippen LogP contribution < -0.4 is 10.6 Å². The van der Waals surface area contributed by atoms with E-state index in [2.05, 4.69) is 26.6 Å². The minimum atomic E-state index is -0.472. The van der Waals surface area contributed by atoms with Crippen molar-refractivity contribution in [1.29, 1.82) is 0 Å². The molecule has 0 aromatic heterocycles. The molecule has 18 heavy (non-hydrogen) atoms. The van der Waals surface area contributed by atoms with Gasteiger partial charge in [0.05, 0.1) is 12.1 Å². The minimum Gasteiger partial charge on any atom is -0.507 e. The average molecular weight is 313 g/mol. The molecule has 0 heterocycles. The Labute approximate surface area is 113 Å². The maximum atomic E-state index is 11.8. The third-order valence-corrected chi connectivity index (χ3v) is 3.05. The van der Waals surface area contributed by atoms with Gasteiger partial charge in [-0.1, -0.05) is 15.9 Å². The predicted octanol–water partition coefficient (Wildman–Crippen LogP) is 1.16. The zero-order valence-corrected chi connectivity index (χ0v) is 11.2. The van der Waals surface area contributed by atoms with Crippen molar-refractivity contribution >= 4 is 27.7 Å². The summed E-state index contributed by atoms with van der Waals surface area (Å²) >= 11 is 3.22. The fourth-order valence-corrected chi connectivity index (χ4v) is 1.81. The van der Waals surface area contributed by atoms with E-state index >= 15 is 0 Å². The highest BCUT2D eigenvalue weighted by Gasteiger charge is 2.23. The Balaban J connectivity index is 1.90. The first-order valence-corrected chi connectivity index (χ1v) is 6.41. The molecule has 3 N–H and O–H groups in total. The number of benzene rings is 1. The molecule has 1 aromatic rings. The van der Waals surface area contributed by atoms with Gasteiger partial charge in [-0.2, -0.15) is 0 Å². The van der Waals surface area contributed by atoms with Gasteiger partial charge in [0.15, 0.2) is 0 Å². The second-order valence-electron chi connectivity index (χ2n) is 4.19. The fourth-order valence-electron chi connectivity index (χ4n) is 1.45. The number of amides is 2. The van der Waals surface area contributed by atoms with E-state index in [4.69, 9.17) is 0 Å². The van der Waals surface area contributed by atoms with Gasteiger partial charge in [0.2, 0.25) is 5.91 Å². The van der Waals surface area contributed by atoms with Crippen molar-refractivity contribution in [1.82, 2.24) is 10.6 Å². The average Bonchev–Trinajstić information content (AvgIpc) is 3.13. The lowest BCUT2D eigenvalue weighted by Gasteiger charge is -2.07. The third kappa shape index (κ3) is 3.46. The molecule has 0 aliphatic heterocycles. The number of rotatable bonds is 4. The van der Waals surface area contributed by atoms with Crippen molar-refractivity contribution in [2.24, 2.45) is 0 Å². The molecular weight excluding hydrogens is 300 g/mol. The monoisotopic (exact) mass is 312 g/mol. The lowest BCUT2D eigenvalue weighted by atomic mass is 10.2. The quantitative estimate of drug-likeness (QED) is 0.780. The molecule has 2 amide bonds. The number of phenolic OH excluding ortho intramolecular Hbond substituents is 1. The van der Waals surface area contributed by atoms with Gasteiger partial charge in [-0.05, 0) is 31.0 Å². The molecule has 0 atom stereocenters.